The van der Waals surface area contributed by atoms with Gasteiger partial charge in [0.15, 0.2) is 0 Å². The number of hydrogen-bond acceptors (Lipinski definition) is 2. The molecule has 0 aromatic heterocycles. The van der Waals surface area contributed by atoms with E-state index >= 15 is 0 Å². The van der Waals surface area contributed by atoms with Crippen molar-refractivity contribution in [3.63, 3.8) is 0 Å². The lowest BCUT2D eigenvalue weighted by atomic mass is 9.89. The minimum atomic E-state index is -0.114. The lowest BCUT2D eigenvalue weighted by Crippen LogP contribution is -2.37. The van der Waals surface area contributed by atoms with Crippen LogP contribution < -0.4 is 5.32 Å². The van der Waals surface area contributed by atoms with Gasteiger partial charge in [0.05, 0.1) is 0 Å². The molecule has 0 spiro atoms. The first-order valence-electron chi connectivity index (χ1n) is 7.19. The van der Waals surface area contributed by atoms with Gasteiger partial charge in [0.1, 0.15) is 0 Å². The number of hydrogen-bond donors (Lipinski definition) is 2. The molecule has 4 nitrogen and oxygen atoms in total. The van der Waals surface area contributed by atoms with Gasteiger partial charge >= 0.3 is 6.03 Å². The number of benzene rings is 1. The molecule has 1 rings (SSSR count). The van der Waals surface area contributed by atoms with Gasteiger partial charge in [-0.2, -0.15) is 0 Å². The van der Waals surface area contributed by atoms with Crippen LogP contribution in [0.15, 0.2) is 24.3 Å². The highest BCUT2D eigenvalue weighted by molar-refractivity contribution is 6.31. The quantitative estimate of drug-likeness (QED) is 0.759. The van der Waals surface area contributed by atoms with Crippen molar-refractivity contribution in [1.82, 2.24) is 10.2 Å². The summed E-state index contributed by atoms with van der Waals surface area (Å²) in [6, 6.07) is 7.39. The van der Waals surface area contributed by atoms with Gasteiger partial charge in [0.25, 0.3) is 0 Å². The molecular formula is C16H25ClN2O2. The largest absolute Gasteiger partial charge is 0.396 e. The number of carbonyl (C=O) groups excluding carboxylic acids is 1. The Balaban J connectivity index is 2.34. The smallest absolute Gasteiger partial charge is 0.317 e. The molecule has 0 fully saturated rings. The Bertz CT molecular complexity index is 463. The first-order chi connectivity index (χ1) is 9.85. The summed E-state index contributed by atoms with van der Waals surface area (Å²) in [5.41, 5.74) is 0.840. The Kier molecular flexibility index (Phi) is 6.99. The van der Waals surface area contributed by atoms with Gasteiger partial charge in [0, 0.05) is 31.8 Å². The van der Waals surface area contributed by atoms with Crippen molar-refractivity contribution in [3.05, 3.63) is 34.9 Å². The average Bonchev–Trinajstić information content (AvgIpc) is 2.45. The molecule has 21 heavy (non-hydrogen) atoms. The lowest BCUT2D eigenvalue weighted by Gasteiger charge is -2.22. The van der Waals surface area contributed by atoms with Gasteiger partial charge in [-0.25, -0.2) is 4.79 Å². The normalized spacial score (nSPS) is 11.3. The highest BCUT2D eigenvalue weighted by Crippen LogP contribution is 2.20. The summed E-state index contributed by atoms with van der Waals surface area (Å²) in [4.78, 5) is 13.6. The molecule has 1 aromatic carbocycles. The lowest BCUT2D eigenvalue weighted by molar-refractivity contribution is 0.147. The zero-order valence-electron chi connectivity index (χ0n) is 13.0. The van der Waals surface area contributed by atoms with Gasteiger partial charge < -0.3 is 15.3 Å². The summed E-state index contributed by atoms with van der Waals surface area (Å²) >= 11 is 6.08. The molecule has 2 N–H and O–H groups in total. The van der Waals surface area contributed by atoms with Gasteiger partial charge in [-0.15, -0.1) is 0 Å². The topological polar surface area (TPSA) is 52.6 Å². The molecule has 0 aliphatic heterocycles. The minimum absolute atomic E-state index is 0.0891. The van der Waals surface area contributed by atoms with Gasteiger partial charge in [0.2, 0.25) is 0 Å². The van der Waals surface area contributed by atoms with Crippen LogP contribution in [0.4, 0.5) is 4.79 Å². The molecule has 118 valence electrons. The number of nitrogens with one attached hydrogen (secondary N) is 1. The third kappa shape index (κ3) is 6.36. The Morgan fingerprint density at radius 2 is 2.05 bits per heavy atom. The molecule has 0 unspecified atom stereocenters. The van der Waals surface area contributed by atoms with Crippen molar-refractivity contribution in [2.24, 2.45) is 5.41 Å². The number of amides is 2. The van der Waals surface area contributed by atoms with Crippen molar-refractivity contribution >= 4 is 17.6 Å². The van der Waals surface area contributed by atoms with Crippen LogP contribution in [0.1, 0.15) is 32.3 Å². The molecule has 0 saturated heterocycles. The fourth-order valence-electron chi connectivity index (χ4n) is 1.93. The van der Waals surface area contributed by atoms with E-state index in [4.69, 9.17) is 11.6 Å². The monoisotopic (exact) mass is 312 g/mol. The van der Waals surface area contributed by atoms with E-state index in [2.05, 4.69) is 5.32 Å². The van der Waals surface area contributed by atoms with Crippen LogP contribution in [0.5, 0.6) is 0 Å². The summed E-state index contributed by atoms with van der Waals surface area (Å²) in [6.07, 6.45) is 1.72. The highest BCUT2D eigenvalue weighted by Gasteiger charge is 2.16. The van der Waals surface area contributed by atoms with Crippen molar-refractivity contribution in [2.45, 2.75) is 33.2 Å². The van der Waals surface area contributed by atoms with Crippen LogP contribution in [0, 0.1) is 5.41 Å². The van der Waals surface area contributed by atoms with Crippen molar-refractivity contribution in [1.29, 1.82) is 0 Å². The Morgan fingerprint density at radius 3 is 2.67 bits per heavy atom. The van der Waals surface area contributed by atoms with Crippen LogP contribution in [0.3, 0.4) is 0 Å². The van der Waals surface area contributed by atoms with Gasteiger partial charge in [-0.3, -0.25) is 0 Å². The van der Waals surface area contributed by atoms with E-state index < -0.39 is 0 Å². The SMILES string of the molecule is CN(Cc1ccccc1Cl)C(=O)NCCCC(C)(C)CO. The summed E-state index contributed by atoms with van der Waals surface area (Å²) in [7, 11) is 1.75. The second-order valence-electron chi connectivity index (χ2n) is 6.11. The van der Waals surface area contributed by atoms with Crippen molar-refractivity contribution in [3.8, 4) is 0 Å². The number of carbonyl (C=O) groups is 1. The molecule has 5 heteroatoms. The van der Waals surface area contributed by atoms with Crippen molar-refractivity contribution < 1.29 is 9.90 Å². The molecule has 0 atom stereocenters. The maximum Gasteiger partial charge on any atom is 0.317 e. The number of halogens is 1. The van der Waals surface area contributed by atoms with Crippen molar-refractivity contribution in [2.75, 3.05) is 20.2 Å². The second kappa shape index (κ2) is 8.25. The molecule has 1 aromatic rings. The van der Waals surface area contributed by atoms with Crippen LogP contribution in [0.2, 0.25) is 5.02 Å². The third-order valence-corrected chi connectivity index (χ3v) is 3.82. The maximum absolute atomic E-state index is 12.0. The standard InChI is InChI=1S/C16H25ClN2O2/c1-16(2,12-20)9-6-10-18-15(21)19(3)11-13-7-4-5-8-14(13)17/h4-5,7-8,20H,6,9-12H2,1-3H3,(H,18,21). The van der Waals surface area contributed by atoms with E-state index in [0.717, 1.165) is 18.4 Å². The molecule has 0 radical (unpaired) electrons. The summed E-state index contributed by atoms with van der Waals surface area (Å²) in [5, 5.41) is 12.7. The van der Waals surface area contributed by atoms with E-state index in [0.29, 0.717) is 18.1 Å². The Hall–Kier alpha value is -1.26. The van der Waals surface area contributed by atoms with Gasteiger partial charge in [-0.05, 0) is 29.9 Å². The second-order valence-corrected chi connectivity index (χ2v) is 6.51. The number of aliphatic hydroxyl groups excluding tert-OH is 1. The zero-order chi connectivity index (χ0) is 15.9. The molecular weight excluding hydrogens is 288 g/mol. The minimum Gasteiger partial charge on any atom is -0.396 e. The molecule has 0 aliphatic carbocycles. The predicted octanol–water partition coefficient (Wildman–Crippen LogP) is 3.28. The predicted molar refractivity (Wildman–Crippen MR) is 86.4 cm³/mol. The fourth-order valence-corrected chi connectivity index (χ4v) is 2.13. The first-order valence-corrected chi connectivity index (χ1v) is 7.57. The third-order valence-electron chi connectivity index (χ3n) is 3.45. The number of aliphatic hydroxyl groups is 1. The summed E-state index contributed by atoms with van der Waals surface area (Å²) in [6.45, 7) is 5.27. The van der Waals surface area contributed by atoms with E-state index in [9.17, 15) is 9.90 Å². The highest BCUT2D eigenvalue weighted by atomic mass is 35.5. The molecule has 0 aliphatic rings. The number of rotatable bonds is 7. The van der Waals surface area contributed by atoms with Gasteiger partial charge in [-0.1, -0.05) is 43.6 Å². The van der Waals surface area contributed by atoms with Crippen LogP contribution in [-0.4, -0.2) is 36.2 Å². The molecule has 0 saturated carbocycles. The summed E-state index contributed by atoms with van der Waals surface area (Å²) < 4.78 is 0. The average molecular weight is 313 g/mol. The van der Waals surface area contributed by atoms with Crippen LogP contribution in [-0.2, 0) is 6.54 Å². The molecule has 0 heterocycles. The van der Waals surface area contributed by atoms with Crippen LogP contribution in [0.25, 0.3) is 0 Å². The Morgan fingerprint density at radius 1 is 1.38 bits per heavy atom. The molecule has 0 bridgehead atoms. The fraction of sp³-hybridized carbons (Fsp3) is 0.562. The van der Waals surface area contributed by atoms with E-state index in [1.807, 2.05) is 38.1 Å². The van der Waals surface area contributed by atoms with Crippen LogP contribution >= 0.6 is 11.6 Å². The van der Waals surface area contributed by atoms with E-state index in [1.165, 1.54) is 0 Å². The number of urea groups is 1. The zero-order valence-corrected chi connectivity index (χ0v) is 13.8. The Labute approximate surface area is 132 Å². The number of nitrogens with zero attached hydrogens (tertiary/aromatic N) is 1. The molecule has 2 amide bonds. The summed E-state index contributed by atoms with van der Waals surface area (Å²) in [5.74, 6) is 0. The van der Waals surface area contributed by atoms with E-state index in [-0.39, 0.29) is 18.1 Å². The maximum atomic E-state index is 12.0. The first kappa shape index (κ1) is 17.8. The van der Waals surface area contributed by atoms with E-state index in [1.54, 1.807) is 11.9 Å².